The molecule has 0 saturated heterocycles. The number of hydrogen-bond donors (Lipinski definition) is 1. The van der Waals surface area contributed by atoms with Gasteiger partial charge in [-0.05, 0) is 36.0 Å². The first kappa shape index (κ1) is 15.0. The maximum absolute atomic E-state index is 6.22. The van der Waals surface area contributed by atoms with Gasteiger partial charge in [-0.15, -0.1) is 0 Å². The van der Waals surface area contributed by atoms with E-state index < -0.39 is 0 Å². The molecule has 3 aromatic rings. The summed E-state index contributed by atoms with van der Waals surface area (Å²) in [5, 5.41) is 12.3. The van der Waals surface area contributed by atoms with Gasteiger partial charge < -0.3 is 0 Å². The Morgan fingerprint density at radius 1 is 1.14 bits per heavy atom. The van der Waals surface area contributed by atoms with E-state index in [-0.39, 0.29) is 0 Å². The van der Waals surface area contributed by atoms with E-state index in [1.54, 1.807) is 24.4 Å². The van der Waals surface area contributed by atoms with Crippen molar-refractivity contribution in [2.75, 3.05) is 0 Å². The fourth-order valence-corrected chi connectivity index (χ4v) is 2.58. The van der Waals surface area contributed by atoms with Crippen LogP contribution in [0.5, 0.6) is 0 Å². The van der Waals surface area contributed by atoms with Crippen LogP contribution < -0.4 is 0 Å². The Morgan fingerprint density at radius 3 is 2.64 bits per heavy atom. The lowest BCUT2D eigenvalue weighted by Gasteiger charge is -2.03. The summed E-state index contributed by atoms with van der Waals surface area (Å²) in [5.41, 5.74) is 1.65. The van der Waals surface area contributed by atoms with E-state index in [1.807, 2.05) is 30.3 Å². The molecule has 1 N–H and O–H groups in total. The van der Waals surface area contributed by atoms with Crippen LogP contribution in [0.1, 0.15) is 5.56 Å². The first-order valence-corrected chi connectivity index (χ1v) is 7.54. The largest absolute Gasteiger partial charge is 0.250 e. The molecule has 0 aliphatic heterocycles. The van der Waals surface area contributed by atoms with Crippen LogP contribution in [0.4, 0.5) is 0 Å². The summed E-state index contributed by atoms with van der Waals surface area (Å²) in [6.45, 7) is 0. The SMILES string of the molecule is S=c1[nH]nc(-c2ccc(Cl)cc2Cl)n1N=Cc1ccccc1. The van der Waals surface area contributed by atoms with E-state index in [0.29, 0.717) is 26.2 Å². The Kier molecular flexibility index (Phi) is 4.38. The van der Waals surface area contributed by atoms with Crippen molar-refractivity contribution in [1.29, 1.82) is 0 Å². The van der Waals surface area contributed by atoms with E-state index in [4.69, 9.17) is 35.4 Å². The number of benzene rings is 2. The van der Waals surface area contributed by atoms with Gasteiger partial charge in [-0.3, -0.25) is 0 Å². The van der Waals surface area contributed by atoms with Crippen molar-refractivity contribution in [3.63, 3.8) is 0 Å². The summed E-state index contributed by atoms with van der Waals surface area (Å²) >= 11 is 17.4. The Hall–Kier alpha value is -1.95. The van der Waals surface area contributed by atoms with Crippen molar-refractivity contribution in [2.24, 2.45) is 5.10 Å². The third kappa shape index (κ3) is 3.11. The quantitative estimate of drug-likeness (QED) is 0.545. The minimum atomic E-state index is 0.383. The fraction of sp³-hybridized carbons (Fsp3) is 0. The third-order valence-electron chi connectivity index (χ3n) is 2.94. The average molecular weight is 349 g/mol. The van der Waals surface area contributed by atoms with Gasteiger partial charge in [-0.1, -0.05) is 53.5 Å². The highest BCUT2D eigenvalue weighted by Crippen LogP contribution is 2.29. The highest BCUT2D eigenvalue weighted by molar-refractivity contribution is 7.71. The minimum absolute atomic E-state index is 0.383. The molecule has 4 nitrogen and oxygen atoms in total. The molecule has 0 amide bonds. The molecule has 1 aromatic heterocycles. The lowest BCUT2D eigenvalue weighted by atomic mass is 10.2. The zero-order valence-corrected chi connectivity index (χ0v) is 13.5. The molecule has 1 heterocycles. The minimum Gasteiger partial charge on any atom is -0.250 e. The molecule has 0 radical (unpaired) electrons. The predicted molar refractivity (Wildman–Crippen MR) is 92.3 cm³/mol. The van der Waals surface area contributed by atoms with E-state index in [9.17, 15) is 0 Å². The van der Waals surface area contributed by atoms with Crippen molar-refractivity contribution >= 4 is 41.6 Å². The molecule has 0 unspecified atom stereocenters. The summed E-state index contributed by atoms with van der Waals surface area (Å²) in [7, 11) is 0. The number of aromatic amines is 1. The zero-order chi connectivity index (χ0) is 15.5. The highest BCUT2D eigenvalue weighted by atomic mass is 35.5. The fourth-order valence-electron chi connectivity index (χ4n) is 1.91. The molecule has 7 heteroatoms. The zero-order valence-electron chi connectivity index (χ0n) is 11.2. The summed E-state index contributed by atoms with van der Waals surface area (Å²) in [6.07, 6.45) is 1.71. The van der Waals surface area contributed by atoms with Gasteiger partial charge in [0.2, 0.25) is 4.77 Å². The van der Waals surface area contributed by atoms with Crippen molar-refractivity contribution in [1.82, 2.24) is 14.9 Å². The van der Waals surface area contributed by atoms with E-state index in [0.717, 1.165) is 5.56 Å². The molecule has 0 spiro atoms. The third-order valence-corrected chi connectivity index (χ3v) is 3.76. The van der Waals surface area contributed by atoms with E-state index in [1.165, 1.54) is 4.68 Å². The lowest BCUT2D eigenvalue weighted by molar-refractivity contribution is 0.871. The Morgan fingerprint density at radius 2 is 1.91 bits per heavy atom. The summed E-state index contributed by atoms with van der Waals surface area (Å²) < 4.78 is 1.91. The number of rotatable bonds is 3. The number of nitrogens with zero attached hydrogens (tertiary/aromatic N) is 3. The van der Waals surface area contributed by atoms with Crippen LogP contribution in [0.2, 0.25) is 10.0 Å². The van der Waals surface area contributed by atoms with Gasteiger partial charge in [0.25, 0.3) is 0 Å². The number of hydrogen-bond acceptors (Lipinski definition) is 3. The molecule has 0 fully saturated rings. The van der Waals surface area contributed by atoms with Crippen molar-refractivity contribution in [3.05, 3.63) is 68.9 Å². The number of H-pyrrole nitrogens is 1. The molecule has 0 aliphatic rings. The maximum atomic E-state index is 6.22. The van der Waals surface area contributed by atoms with Crippen LogP contribution in [0.25, 0.3) is 11.4 Å². The second-order valence-corrected chi connectivity index (χ2v) is 5.67. The van der Waals surface area contributed by atoms with Crippen molar-refractivity contribution in [3.8, 4) is 11.4 Å². The summed E-state index contributed by atoms with van der Waals surface area (Å²) in [4.78, 5) is 0. The maximum Gasteiger partial charge on any atom is 0.216 e. The lowest BCUT2D eigenvalue weighted by Crippen LogP contribution is -1.95. The van der Waals surface area contributed by atoms with Crippen LogP contribution in [0, 0.1) is 4.77 Å². The van der Waals surface area contributed by atoms with Crippen LogP contribution in [0.3, 0.4) is 0 Å². The van der Waals surface area contributed by atoms with Crippen molar-refractivity contribution in [2.45, 2.75) is 0 Å². The van der Waals surface area contributed by atoms with Gasteiger partial charge >= 0.3 is 0 Å². The van der Waals surface area contributed by atoms with Crippen molar-refractivity contribution < 1.29 is 0 Å². The molecule has 2 aromatic carbocycles. The van der Waals surface area contributed by atoms with Gasteiger partial charge in [0.1, 0.15) is 0 Å². The van der Waals surface area contributed by atoms with Gasteiger partial charge in [0.05, 0.1) is 11.2 Å². The predicted octanol–water partition coefficient (Wildman–Crippen LogP) is 4.80. The van der Waals surface area contributed by atoms with Gasteiger partial charge in [0, 0.05) is 10.6 Å². The van der Waals surface area contributed by atoms with Crippen LogP contribution in [0.15, 0.2) is 53.6 Å². The Labute approximate surface area is 142 Å². The average Bonchev–Trinajstić information content (AvgIpc) is 2.87. The molecular formula is C15H10Cl2N4S. The molecule has 0 saturated carbocycles. The molecule has 0 bridgehead atoms. The van der Waals surface area contributed by atoms with E-state index in [2.05, 4.69) is 15.3 Å². The first-order chi connectivity index (χ1) is 10.6. The molecule has 0 atom stereocenters. The van der Waals surface area contributed by atoms with Gasteiger partial charge in [-0.2, -0.15) is 14.9 Å². The standard InChI is InChI=1S/C15H10Cl2N4S/c16-11-6-7-12(13(17)8-11)14-19-20-15(22)21(14)18-9-10-4-2-1-3-5-10/h1-9H,(H,20,22). The highest BCUT2D eigenvalue weighted by Gasteiger charge is 2.12. The second kappa shape index (κ2) is 6.44. The molecule has 110 valence electrons. The summed E-state index contributed by atoms with van der Waals surface area (Å²) in [6, 6.07) is 14.9. The number of halogens is 2. The van der Waals surface area contributed by atoms with E-state index >= 15 is 0 Å². The Balaban J connectivity index is 2.05. The monoisotopic (exact) mass is 348 g/mol. The first-order valence-electron chi connectivity index (χ1n) is 6.37. The topological polar surface area (TPSA) is 46.0 Å². The molecular weight excluding hydrogens is 339 g/mol. The number of aromatic nitrogens is 3. The second-order valence-electron chi connectivity index (χ2n) is 4.44. The summed E-state index contributed by atoms with van der Waals surface area (Å²) in [5.74, 6) is 0.527. The van der Waals surface area contributed by atoms with Crippen LogP contribution >= 0.6 is 35.4 Å². The van der Waals surface area contributed by atoms with Gasteiger partial charge in [0.15, 0.2) is 5.82 Å². The molecule has 0 aliphatic carbocycles. The smallest absolute Gasteiger partial charge is 0.216 e. The molecule has 22 heavy (non-hydrogen) atoms. The molecule has 3 rings (SSSR count). The van der Waals surface area contributed by atoms with Crippen LogP contribution in [-0.4, -0.2) is 21.1 Å². The Bertz CT molecular complexity index is 884. The number of nitrogens with one attached hydrogen (secondary N) is 1. The van der Waals surface area contributed by atoms with Gasteiger partial charge in [-0.25, -0.2) is 5.10 Å². The normalized spacial score (nSPS) is 11.2. The van der Waals surface area contributed by atoms with Crippen LogP contribution in [-0.2, 0) is 0 Å².